The van der Waals surface area contributed by atoms with E-state index in [9.17, 15) is 4.79 Å². The molecule has 0 aliphatic carbocycles. The zero-order chi connectivity index (χ0) is 19.1. The third-order valence-corrected chi connectivity index (χ3v) is 5.96. The van der Waals surface area contributed by atoms with E-state index in [4.69, 9.17) is 11.6 Å². The molecule has 1 N–H and O–H groups in total. The number of carbonyl (C=O) groups is 1. The molecule has 0 bridgehead atoms. The summed E-state index contributed by atoms with van der Waals surface area (Å²) in [6.07, 6.45) is 0. The van der Waals surface area contributed by atoms with Crippen LogP contribution < -0.4 is 5.32 Å². The van der Waals surface area contributed by atoms with Gasteiger partial charge in [0.1, 0.15) is 5.82 Å². The van der Waals surface area contributed by atoms with Gasteiger partial charge in [0.25, 0.3) is 0 Å². The summed E-state index contributed by atoms with van der Waals surface area (Å²) in [7, 11) is 1.93. The van der Waals surface area contributed by atoms with Crippen molar-refractivity contribution in [1.29, 1.82) is 0 Å². The molecular formula is C19H19ClN4OS2. The zero-order valence-corrected chi connectivity index (χ0v) is 17.2. The molecule has 0 radical (unpaired) electrons. The van der Waals surface area contributed by atoms with Gasteiger partial charge in [0, 0.05) is 23.5 Å². The van der Waals surface area contributed by atoms with Gasteiger partial charge in [-0.2, -0.15) is 0 Å². The monoisotopic (exact) mass is 418 g/mol. The minimum atomic E-state index is -0.106. The SMILES string of the molecule is Cn1c(CSCc2ccccc2)nnc1SCC(=O)Nc1cccc(Cl)c1. The second kappa shape index (κ2) is 9.82. The predicted octanol–water partition coefficient (Wildman–Crippen LogP) is 4.63. The van der Waals surface area contributed by atoms with Crippen molar-refractivity contribution in [3.05, 3.63) is 71.0 Å². The standard InChI is InChI=1S/C19H19ClN4OS2/c1-24-17(12-26-11-14-6-3-2-4-7-14)22-23-19(24)27-13-18(25)21-16-9-5-8-15(20)10-16/h2-10H,11-13H2,1H3,(H,21,25). The number of nitrogens with zero attached hydrogens (tertiary/aromatic N) is 3. The summed E-state index contributed by atoms with van der Waals surface area (Å²) in [5.74, 6) is 2.75. The molecule has 0 spiro atoms. The highest BCUT2D eigenvalue weighted by atomic mass is 35.5. The van der Waals surface area contributed by atoms with E-state index in [0.717, 1.165) is 22.5 Å². The number of rotatable bonds is 8. The molecule has 0 saturated carbocycles. The molecule has 1 heterocycles. The van der Waals surface area contributed by atoms with E-state index in [1.807, 2.05) is 29.8 Å². The van der Waals surface area contributed by atoms with Gasteiger partial charge >= 0.3 is 0 Å². The van der Waals surface area contributed by atoms with E-state index in [-0.39, 0.29) is 11.7 Å². The lowest BCUT2D eigenvalue weighted by Gasteiger charge is -2.06. The number of amides is 1. The van der Waals surface area contributed by atoms with Crippen LogP contribution in [-0.4, -0.2) is 26.4 Å². The molecule has 0 aliphatic rings. The normalized spacial score (nSPS) is 10.7. The minimum absolute atomic E-state index is 0.106. The van der Waals surface area contributed by atoms with Crippen molar-refractivity contribution in [1.82, 2.24) is 14.8 Å². The van der Waals surface area contributed by atoms with E-state index < -0.39 is 0 Å². The van der Waals surface area contributed by atoms with Gasteiger partial charge in [-0.05, 0) is 23.8 Å². The molecule has 0 saturated heterocycles. The first-order valence-corrected chi connectivity index (χ1v) is 10.8. The highest BCUT2D eigenvalue weighted by Gasteiger charge is 2.12. The number of halogens is 1. The quantitative estimate of drug-likeness (QED) is 0.540. The average molecular weight is 419 g/mol. The summed E-state index contributed by atoms with van der Waals surface area (Å²) in [6, 6.07) is 17.4. The first-order valence-electron chi connectivity index (χ1n) is 8.30. The Morgan fingerprint density at radius 2 is 1.93 bits per heavy atom. The van der Waals surface area contributed by atoms with E-state index in [2.05, 4.69) is 27.6 Å². The van der Waals surface area contributed by atoms with Crippen molar-refractivity contribution in [2.75, 3.05) is 11.1 Å². The molecule has 1 amide bonds. The van der Waals surface area contributed by atoms with Gasteiger partial charge in [0.05, 0.1) is 11.5 Å². The van der Waals surface area contributed by atoms with Crippen molar-refractivity contribution in [2.24, 2.45) is 7.05 Å². The van der Waals surface area contributed by atoms with Crippen LogP contribution in [0.2, 0.25) is 5.02 Å². The number of benzene rings is 2. The summed E-state index contributed by atoms with van der Waals surface area (Å²) in [5, 5.41) is 12.6. The van der Waals surface area contributed by atoms with Crippen LogP contribution in [0.1, 0.15) is 11.4 Å². The Morgan fingerprint density at radius 3 is 2.70 bits per heavy atom. The fourth-order valence-corrected chi connectivity index (χ4v) is 4.21. The fraction of sp³-hybridized carbons (Fsp3) is 0.211. The van der Waals surface area contributed by atoms with Gasteiger partial charge in [0.15, 0.2) is 5.16 Å². The lowest BCUT2D eigenvalue weighted by Crippen LogP contribution is -2.14. The van der Waals surface area contributed by atoms with Crippen LogP contribution in [0.25, 0.3) is 0 Å². The number of anilines is 1. The van der Waals surface area contributed by atoms with Gasteiger partial charge in [0.2, 0.25) is 5.91 Å². The van der Waals surface area contributed by atoms with Gasteiger partial charge in [-0.3, -0.25) is 4.79 Å². The lowest BCUT2D eigenvalue weighted by atomic mass is 10.2. The van der Waals surface area contributed by atoms with Crippen molar-refractivity contribution in [2.45, 2.75) is 16.7 Å². The van der Waals surface area contributed by atoms with Crippen molar-refractivity contribution < 1.29 is 4.79 Å². The summed E-state index contributed by atoms with van der Waals surface area (Å²) >= 11 is 9.08. The van der Waals surface area contributed by atoms with Crippen molar-refractivity contribution in [3.63, 3.8) is 0 Å². The molecule has 3 rings (SSSR count). The summed E-state index contributed by atoms with van der Waals surface area (Å²) in [4.78, 5) is 12.1. The van der Waals surface area contributed by atoms with Gasteiger partial charge in [-0.15, -0.1) is 22.0 Å². The number of hydrogen-bond donors (Lipinski definition) is 1. The molecular weight excluding hydrogens is 400 g/mol. The van der Waals surface area contributed by atoms with Crippen LogP contribution in [0.15, 0.2) is 59.8 Å². The highest BCUT2D eigenvalue weighted by molar-refractivity contribution is 7.99. The molecule has 0 atom stereocenters. The molecule has 0 aliphatic heterocycles. The highest BCUT2D eigenvalue weighted by Crippen LogP contribution is 2.21. The van der Waals surface area contributed by atoms with Crippen LogP contribution in [0.3, 0.4) is 0 Å². The maximum absolute atomic E-state index is 12.1. The topological polar surface area (TPSA) is 59.8 Å². The number of carbonyl (C=O) groups excluding carboxylic acids is 1. The maximum atomic E-state index is 12.1. The fourth-order valence-electron chi connectivity index (χ4n) is 2.32. The Bertz CT molecular complexity index is 902. The largest absolute Gasteiger partial charge is 0.325 e. The molecule has 1 aromatic heterocycles. The van der Waals surface area contributed by atoms with E-state index in [1.54, 1.807) is 36.0 Å². The first kappa shape index (κ1) is 19.8. The van der Waals surface area contributed by atoms with E-state index in [1.165, 1.54) is 17.3 Å². The molecule has 3 aromatic rings. The van der Waals surface area contributed by atoms with Crippen molar-refractivity contribution >= 4 is 46.7 Å². The summed E-state index contributed by atoms with van der Waals surface area (Å²) in [5.41, 5.74) is 1.97. The molecule has 0 unspecified atom stereocenters. The molecule has 27 heavy (non-hydrogen) atoms. The Morgan fingerprint density at radius 1 is 1.11 bits per heavy atom. The maximum Gasteiger partial charge on any atom is 0.234 e. The van der Waals surface area contributed by atoms with Crippen LogP contribution in [0.4, 0.5) is 5.69 Å². The van der Waals surface area contributed by atoms with Gasteiger partial charge in [-0.1, -0.05) is 59.8 Å². The molecule has 5 nitrogen and oxygen atoms in total. The van der Waals surface area contributed by atoms with Crippen LogP contribution >= 0.6 is 35.1 Å². The van der Waals surface area contributed by atoms with Crippen LogP contribution in [-0.2, 0) is 23.3 Å². The second-order valence-corrected chi connectivity index (χ2v) is 8.15. The Hall–Kier alpha value is -1.96. The second-order valence-electron chi connectivity index (χ2n) is 5.78. The Kier molecular flexibility index (Phi) is 7.20. The molecule has 0 fully saturated rings. The average Bonchev–Trinajstić information content (AvgIpc) is 3.01. The van der Waals surface area contributed by atoms with Crippen molar-refractivity contribution in [3.8, 4) is 0 Å². The zero-order valence-electron chi connectivity index (χ0n) is 14.8. The first-order chi connectivity index (χ1) is 13.1. The summed E-state index contributed by atoms with van der Waals surface area (Å²) < 4.78 is 1.94. The predicted molar refractivity (Wildman–Crippen MR) is 113 cm³/mol. The van der Waals surface area contributed by atoms with E-state index >= 15 is 0 Å². The van der Waals surface area contributed by atoms with Crippen LogP contribution in [0.5, 0.6) is 0 Å². The number of hydrogen-bond acceptors (Lipinski definition) is 5. The number of nitrogens with one attached hydrogen (secondary N) is 1. The molecule has 140 valence electrons. The third-order valence-electron chi connectivity index (χ3n) is 3.71. The molecule has 8 heteroatoms. The van der Waals surface area contributed by atoms with E-state index in [0.29, 0.717) is 10.7 Å². The number of thioether (sulfide) groups is 2. The third kappa shape index (κ3) is 6.02. The van der Waals surface area contributed by atoms with Gasteiger partial charge in [-0.25, -0.2) is 0 Å². The Labute approximate surface area is 171 Å². The summed E-state index contributed by atoms with van der Waals surface area (Å²) in [6.45, 7) is 0. The Balaban J connectivity index is 1.47. The van der Waals surface area contributed by atoms with Crippen LogP contribution in [0, 0.1) is 0 Å². The minimum Gasteiger partial charge on any atom is -0.325 e. The number of aromatic nitrogens is 3. The smallest absolute Gasteiger partial charge is 0.234 e. The van der Waals surface area contributed by atoms with Gasteiger partial charge < -0.3 is 9.88 Å². The molecule has 2 aromatic carbocycles. The lowest BCUT2D eigenvalue weighted by molar-refractivity contribution is -0.113.